The van der Waals surface area contributed by atoms with E-state index in [0.29, 0.717) is 24.2 Å². The van der Waals surface area contributed by atoms with Crippen LogP contribution in [0.1, 0.15) is 24.8 Å². The number of allylic oxidation sites excluding steroid dienone is 2. The van der Waals surface area contributed by atoms with E-state index in [4.69, 9.17) is 0 Å². The van der Waals surface area contributed by atoms with E-state index in [9.17, 15) is 18.1 Å². The lowest BCUT2D eigenvalue weighted by Crippen LogP contribution is -2.23. The van der Waals surface area contributed by atoms with E-state index in [1.165, 1.54) is 12.1 Å². The third-order valence-corrected chi connectivity index (χ3v) is 5.00. The van der Waals surface area contributed by atoms with Gasteiger partial charge in [0.1, 0.15) is 16.8 Å². The molecule has 1 N–H and O–H groups in total. The van der Waals surface area contributed by atoms with Gasteiger partial charge < -0.3 is 5.32 Å². The van der Waals surface area contributed by atoms with Crippen molar-refractivity contribution in [2.45, 2.75) is 31.1 Å². The van der Waals surface area contributed by atoms with Crippen LogP contribution >= 0.6 is 0 Å². The molecule has 0 atom stereocenters. The Hall–Kier alpha value is -1.87. The summed E-state index contributed by atoms with van der Waals surface area (Å²) in [5, 5.41) is 12.1. The van der Waals surface area contributed by atoms with E-state index < -0.39 is 20.5 Å². The van der Waals surface area contributed by atoms with E-state index in [1.807, 2.05) is 0 Å². The molecule has 1 aromatic rings. The highest BCUT2D eigenvalue weighted by Crippen LogP contribution is 2.26. The summed E-state index contributed by atoms with van der Waals surface area (Å²) in [7, 11) is -4.12. The number of hydrogen-bond donors (Lipinski definition) is 1. The molecule has 0 unspecified atom stereocenters. The van der Waals surface area contributed by atoms with Gasteiger partial charge in [-0.3, -0.25) is 0 Å². The summed E-state index contributed by atoms with van der Waals surface area (Å²) in [6.07, 6.45) is 2.25. The van der Waals surface area contributed by atoms with Crippen molar-refractivity contribution in [3.63, 3.8) is 0 Å². The summed E-state index contributed by atoms with van der Waals surface area (Å²) < 4.78 is 38.7. The summed E-state index contributed by atoms with van der Waals surface area (Å²) in [6, 6.07) is 5.60. The van der Waals surface area contributed by atoms with Crippen molar-refractivity contribution >= 4 is 9.84 Å². The zero-order valence-electron chi connectivity index (χ0n) is 11.1. The molecule has 0 bridgehead atoms. The minimum Gasteiger partial charge on any atom is -0.387 e. The van der Waals surface area contributed by atoms with Gasteiger partial charge in [0.05, 0.1) is 0 Å². The van der Waals surface area contributed by atoms with Gasteiger partial charge in [-0.15, -0.1) is 0 Å². The summed E-state index contributed by atoms with van der Waals surface area (Å²) in [5.41, 5.74) is 1.02. The third kappa shape index (κ3) is 2.68. The summed E-state index contributed by atoms with van der Waals surface area (Å²) in [5.74, 6) is -0.825. The first kappa shape index (κ1) is 14.5. The zero-order valence-corrected chi connectivity index (χ0v) is 11.9. The number of piperidine rings is 1. The van der Waals surface area contributed by atoms with E-state index in [1.54, 1.807) is 13.0 Å². The van der Waals surface area contributed by atoms with Crippen LogP contribution in [-0.4, -0.2) is 15.0 Å². The molecule has 6 heteroatoms. The lowest BCUT2D eigenvalue weighted by atomic mass is 10.1. The van der Waals surface area contributed by atoms with Crippen LogP contribution in [0.15, 0.2) is 33.7 Å². The molecule has 1 aromatic carbocycles. The first-order valence-corrected chi connectivity index (χ1v) is 7.83. The molecular formula is C14H15FN2O2S. The number of benzene rings is 1. The maximum atomic E-state index is 13.9. The van der Waals surface area contributed by atoms with Crippen molar-refractivity contribution in [1.82, 2.24) is 5.32 Å². The Kier molecular flexibility index (Phi) is 4.09. The molecule has 0 saturated carbocycles. The predicted molar refractivity (Wildman–Crippen MR) is 72.8 cm³/mol. The van der Waals surface area contributed by atoms with Gasteiger partial charge >= 0.3 is 0 Å². The number of nitriles is 1. The van der Waals surface area contributed by atoms with Crippen molar-refractivity contribution in [1.29, 1.82) is 5.26 Å². The van der Waals surface area contributed by atoms with Gasteiger partial charge in [-0.25, -0.2) is 12.8 Å². The van der Waals surface area contributed by atoms with Gasteiger partial charge in [0.2, 0.25) is 9.84 Å². The van der Waals surface area contributed by atoms with Crippen molar-refractivity contribution in [2.24, 2.45) is 0 Å². The number of nitrogens with zero attached hydrogens (tertiary/aromatic N) is 1. The fourth-order valence-corrected chi connectivity index (χ4v) is 3.57. The highest BCUT2D eigenvalue weighted by molar-refractivity contribution is 7.95. The maximum Gasteiger partial charge on any atom is 0.221 e. The average Bonchev–Trinajstić information content (AvgIpc) is 2.40. The Bertz CT molecular complexity index is 694. The summed E-state index contributed by atoms with van der Waals surface area (Å²) >= 11 is 0. The highest BCUT2D eigenvalue weighted by atomic mass is 32.2. The van der Waals surface area contributed by atoms with Crippen molar-refractivity contribution in [2.75, 3.05) is 6.54 Å². The molecule has 0 amide bonds. The number of rotatable bonds is 2. The Balaban J connectivity index is 2.56. The minimum atomic E-state index is -4.12. The van der Waals surface area contributed by atoms with Crippen LogP contribution in [0.25, 0.3) is 0 Å². The van der Waals surface area contributed by atoms with Crippen LogP contribution in [0.2, 0.25) is 0 Å². The Morgan fingerprint density at radius 2 is 2.15 bits per heavy atom. The molecule has 0 spiro atoms. The normalized spacial score (nSPS) is 18.1. The number of halogens is 1. The summed E-state index contributed by atoms with van der Waals surface area (Å²) in [6.45, 7) is 2.30. The Morgan fingerprint density at radius 3 is 2.70 bits per heavy atom. The smallest absolute Gasteiger partial charge is 0.221 e. The molecule has 4 nitrogen and oxygen atoms in total. The fraction of sp³-hybridized carbons (Fsp3) is 0.357. The first-order valence-electron chi connectivity index (χ1n) is 6.35. The van der Waals surface area contributed by atoms with Gasteiger partial charge in [-0.05, 0) is 43.9 Å². The molecule has 0 aliphatic carbocycles. The second-order valence-electron chi connectivity index (χ2n) is 4.74. The minimum absolute atomic E-state index is 0.375. The van der Waals surface area contributed by atoms with Crippen molar-refractivity contribution in [3.05, 3.63) is 40.2 Å². The molecule has 1 aliphatic rings. The van der Waals surface area contributed by atoms with Crippen LogP contribution in [0, 0.1) is 24.1 Å². The van der Waals surface area contributed by atoms with E-state index in [0.717, 1.165) is 18.9 Å². The topological polar surface area (TPSA) is 70.0 Å². The van der Waals surface area contributed by atoms with Crippen molar-refractivity contribution in [3.8, 4) is 6.07 Å². The Morgan fingerprint density at radius 1 is 1.40 bits per heavy atom. The lowest BCUT2D eigenvalue weighted by molar-refractivity contribution is 0.565. The van der Waals surface area contributed by atoms with Crippen LogP contribution in [0.5, 0.6) is 0 Å². The van der Waals surface area contributed by atoms with Gasteiger partial charge in [0.25, 0.3) is 0 Å². The van der Waals surface area contributed by atoms with Crippen LogP contribution < -0.4 is 5.32 Å². The largest absolute Gasteiger partial charge is 0.387 e. The molecular weight excluding hydrogens is 279 g/mol. The van der Waals surface area contributed by atoms with Gasteiger partial charge in [-0.1, -0.05) is 6.07 Å². The number of hydrogen-bond acceptors (Lipinski definition) is 4. The quantitative estimate of drug-likeness (QED) is 0.850. The molecule has 1 aliphatic heterocycles. The molecule has 0 radical (unpaired) electrons. The SMILES string of the molecule is Cc1ccc(S(=O)(=O)/C(C#N)=C2\CCCCN2)c(F)c1. The summed E-state index contributed by atoms with van der Waals surface area (Å²) in [4.78, 5) is -0.820. The average molecular weight is 294 g/mol. The maximum absolute atomic E-state index is 13.9. The van der Waals surface area contributed by atoms with Crippen LogP contribution in [0.4, 0.5) is 4.39 Å². The van der Waals surface area contributed by atoms with Crippen LogP contribution in [-0.2, 0) is 9.84 Å². The molecule has 1 fully saturated rings. The third-order valence-electron chi connectivity index (χ3n) is 3.21. The predicted octanol–water partition coefficient (Wildman–Crippen LogP) is 2.42. The standard InChI is InChI=1S/C14H15FN2O2S/c1-10-5-6-13(11(15)8-10)20(18,19)14(9-16)12-4-2-3-7-17-12/h5-6,8,17H,2-4,7H2,1H3/b14-12+. The molecule has 20 heavy (non-hydrogen) atoms. The fourth-order valence-electron chi connectivity index (χ4n) is 2.17. The number of nitrogens with one attached hydrogen (secondary N) is 1. The van der Waals surface area contributed by atoms with E-state index in [2.05, 4.69) is 5.32 Å². The molecule has 0 aromatic heterocycles. The first-order chi connectivity index (χ1) is 9.46. The number of aryl methyl sites for hydroxylation is 1. The second-order valence-corrected chi connectivity index (χ2v) is 6.60. The van der Waals surface area contributed by atoms with E-state index >= 15 is 0 Å². The van der Waals surface area contributed by atoms with Gasteiger partial charge in [0, 0.05) is 12.2 Å². The highest BCUT2D eigenvalue weighted by Gasteiger charge is 2.28. The number of sulfone groups is 1. The monoisotopic (exact) mass is 294 g/mol. The lowest BCUT2D eigenvalue weighted by Gasteiger charge is -2.18. The zero-order chi connectivity index (χ0) is 14.8. The van der Waals surface area contributed by atoms with Crippen molar-refractivity contribution < 1.29 is 12.8 Å². The molecule has 2 rings (SSSR count). The van der Waals surface area contributed by atoms with Gasteiger partial charge in [0.15, 0.2) is 4.91 Å². The Labute approximate surface area is 117 Å². The molecule has 1 heterocycles. The second kappa shape index (κ2) is 5.63. The van der Waals surface area contributed by atoms with Crippen LogP contribution in [0.3, 0.4) is 0 Å². The van der Waals surface area contributed by atoms with E-state index in [-0.39, 0.29) is 4.91 Å². The molecule has 106 valence electrons. The molecule has 1 saturated heterocycles. The van der Waals surface area contributed by atoms with Gasteiger partial charge in [-0.2, -0.15) is 5.26 Å².